The van der Waals surface area contributed by atoms with Gasteiger partial charge in [0.2, 0.25) is 0 Å². The number of thioether (sulfide) groups is 1. The van der Waals surface area contributed by atoms with Crippen LogP contribution in [0.5, 0.6) is 0 Å². The molecule has 1 unspecified atom stereocenters. The Balaban J connectivity index is 1.79. The molecule has 1 aliphatic rings. The van der Waals surface area contributed by atoms with E-state index in [4.69, 9.17) is 10.5 Å². The minimum atomic E-state index is 0.295. The summed E-state index contributed by atoms with van der Waals surface area (Å²) >= 11 is 1.70. The molecule has 2 heterocycles. The lowest BCUT2D eigenvalue weighted by atomic mass is 10.3. The number of nitrogen functional groups attached to an aromatic ring is 1. The fourth-order valence-corrected chi connectivity index (χ4v) is 2.24. The third-order valence-corrected chi connectivity index (χ3v) is 3.26. The van der Waals surface area contributed by atoms with Crippen LogP contribution in [0.1, 0.15) is 0 Å². The van der Waals surface area contributed by atoms with E-state index in [-0.39, 0.29) is 0 Å². The Morgan fingerprint density at radius 1 is 1.60 bits per heavy atom. The third kappa shape index (κ3) is 3.37. The summed E-state index contributed by atoms with van der Waals surface area (Å²) in [6.45, 7) is 2.70. The highest BCUT2D eigenvalue weighted by Crippen LogP contribution is 2.18. The second kappa shape index (κ2) is 5.34. The van der Waals surface area contributed by atoms with Crippen LogP contribution in [-0.4, -0.2) is 36.5 Å². The predicted molar refractivity (Wildman–Crippen MR) is 62.0 cm³/mol. The molecule has 1 atom stereocenters. The number of nitrogens with zero attached hydrogens (tertiary/aromatic N) is 1. The number of pyridine rings is 1. The number of morpholine rings is 1. The van der Waals surface area contributed by atoms with Crippen LogP contribution in [0.15, 0.2) is 23.4 Å². The minimum absolute atomic E-state index is 0.295. The number of hydrogen-bond donors (Lipinski definition) is 2. The quantitative estimate of drug-likeness (QED) is 0.743. The van der Waals surface area contributed by atoms with Crippen molar-refractivity contribution in [2.24, 2.45) is 0 Å². The summed E-state index contributed by atoms with van der Waals surface area (Å²) in [7, 11) is 0. The van der Waals surface area contributed by atoms with Crippen LogP contribution in [0.2, 0.25) is 0 Å². The topological polar surface area (TPSA) is 60.2 Å². The van der Waals surface area contributed by atoms with Crippen molar-refractivity contribution in [1.82, 2.24) is 10.3 Å². The maximum absolute atomic E-state index is 5.59. The average molecular weight is 225 g/mol. The van der Waals surface area contributed by atoms with Gasteiger partial charge in [0.15, 0.2) is 0 Å². The van der Waals surface area contributed by atoms with E-state index < -0.39 is 0 Å². The van der Waals surface area contributed by atoms with Gasteiger partial charge in [0.05, 0.1) is 29.6 Å². The second-order valence-corrected chi connectivity index (χ2v) is 4.48. The lowest BCUT2D eigenvalue weighted by Crippen LogP contribution is -2.39. The van der Waals surface area contributed by atoms with Crippen LogP contribution in [-0.2, 0) is 4.74 Å². The smallest absolute Gasteiger partial charge is 0.0962 e. The largest absolute Gasteiger partial charge is 0.397 e. The van der Waals surface area contributed by atoms with E-state index in [1.807, 2.05) is 12.1 Å². The predicted octanol–water partition coefficient (Wildman–Crippen LogP) is 0.744. The number of rotatable bonds is 3. The summed E-state index contributed by atoms with van der Waals surface area (Å²) in [4.78, 5) is 4.22. The van der Waals surface area contributed by atoms with Gasteiger partial charge in [-0.05, 0) is 12.1 Å². The number of ether oxygens (including phenoxy) is 1. The standard InChI is InChI=1S/C10H15N3OS/c11-8-1-2-10(13-5-8)15-7-9-6-12-3-4-14-9/h1-2,5,9,12H,3-4,6-7,11H2. The van der Waals surface area contributed by atoms with Gasteiger partial charge < -0.3 is 15.8 Å². The molecule has 5 heteroatoms. The van der Waals surface area contributed by atoms with E-state index in [9.17, 15) is 0 Å². The zero-order valence-corrected chi connectivity index (χ0v) is 9.30. The second-order valence-electron chi connectivity index (χ2n) is 3.44. The maximum atomic E-state index is 5.59. The number of nitrogens with two attached hydrogens (primary N) is 1. The van der Waals surface area contributed by atoms with E-state index in [0.717, 1.165) is 30.5 Å². The van der Waals surface area contributed by atoms with Gasteiger partial charge in [-0.25, -0.2) is 4.98 Å². The average Bonchev–Trinajstić information content (AvgIpc) is 2.30. The number of hydrogen-bond acceptors (Lipinski definition) is 5. The molecule has 2 rings (SSSR count). The highest BCUT2D eigenvalue weighted by atomic mass is 32.2. The molecule has 4 nitrogen and oxygen atoms in total. The fraction of sp³-hybridized carbons (Fsp3) is 0.500. The monoisotopic (exact) mass is 225 g/mol. The lowest BCUT2D eigenvalue weighted by molar-refractivity contribution is 0.0440. The third-order valence-electron chi connectivity index (χ3n) is 2.18. The Bertz CT molecular complexity index is 298. The summed E-state index contributed by atoms with van der Waals surface area (Å²) in [5.41, 5.74) is 6.26. The molecule has 0 spiro atoms. The summed E-state index contributed by atoms with van der Waals surface area (Å²) < 4.78 is 5.59. The van der Waals surface area contributed by atoms with E-state index >= 15 is 0 Å². The first-order valence-corrected chi connectivity index (χ1v) is 6.00. The van der Waals surface area contributed by atoms with Crippen LogP contribution in [0.3, 0.4) is 0 Å². The van der Waals surface area contributed by atoms with Crippen molar-refractivity contribution < 1.29 is 4.74 Å². The van der Waals surface area contributed by atoms with Gasteiger partial charge in [-0.1, -0.05) is 0 Å². The van der Waals surface area contributed by atoms with Gasteiger partial charge >= 0.3 is 0 Å². The molecule has 1 aromatic rings. The molecule has 0 bridgehead atoms. The van der Waals surface area contributed by atoms with E-state index in [0.29, 0.717) is 11.8 Å². The number of anilines is 1. The van der Waals surface area contributed by atoms with Crippen molar-refractivity contribution in [2.45, 2.75) is 11.1 Å². The lowest BCUT2D eigenvalue weighted by Gasteiger charge is -2.22. The van der Waals surface area contributed by atoms with Crippen LogP contribution >= 0.6 is 11.8 Å². The first kappa shape index (κ1) is 10.7. The molecule has 0 radical (unpaired) electrons. The molecule has 3 N–H and O–H groups in total. The van der Waals surface area contributed by atoms with Crippen LogP contribution in [0.4, 0.5) is 5.69 Å². The Hall–Kier alpha value is -0.780. The Labute approximate surface area is 93.6 Å². The molecule has 15 heavy (non-hydrogen) atoms. The molecule has 0 amide bonds. The van der Waals surface area contributed by atoms with Gasteiger partial charge in [-0.15, -0.1) is 11.8 Å². The zero-order valence-electron chi connectivity index (χ0n) is 8.48. The van der Waals surface area contributed by atoms with Crippen molar-refractivity contribution in [3.05, 3.63) is 18.3 Å². The Kier molecular flexibility index (Phi) is 3.82. The fourth-order valence-electron chi connectivity index (χ4n) is 1.38. The summed E-state index contributed by atoms with van der Waals surface area (Å²) in [5.74, 6) is 0.934. The Morgan fingerprint density at radius 2 is 2.53 bits per heavy atom. The summed E-state index contributed by atoms with van der Waals surface area (Å²) in [5, 5.41) is 4.30. The van der Waals surface area contributed by atoms with Gasteiger partial charge in [-0.2, -0.15) is 0 Å². The number of aromatic nitrogens is 1. The first-order valence-electron chi connectivity index (χ1n) is 5.01. The van der Waals surface area contributed by atoms with Crippen LogP contribution in [0.25, 0.3) is 0 Å². The molecule has 0 aliphatic carbocycles. The summed E-state index contributed by atoms with van der Waals surface area (Å²) in [6, 6.07) is 3.81. The SMILES string of the molecule is Nc1ccc(SCC2CNCCO2)nc1. The van der Waals surface area contributed by atoms with Gasteiger partial charge in [-0.3, -0.25) is 0 Å². The molecular weight excluding hydrogens is 210 g/mol. The Morgan fingerprint density at radius 3 is 3.20 bits per heavy atom. The minimum Gasteiger partial charge on any atom is -0.397 e. The van der Waals surface area contributed by atoms with E-state index in [2.05, 4.69) is 10.3 Å². The molecule has 1 aliphatic heterocycles. The van der Waals surface area contributed by atoms with Crippen molar-refractivity contribution >= 4 is 17.4 Å². The summed E-state index contributed by atoms with van der Waals surface area (Å²) in [6.07, 6.45) is 1.98. The zero-order chi connectivity index (χ0) is 10.5. The highest BCUT2D eigenvalue weighted by molar-refractivity contribution is 7.99. The van der Waals surface area contributed by atoms with E-state index in [1.165, 1.54) is 0 Å². The van der Waals surface area contributed by atoms with Crippen molar-refractivity contribution in [3.8, 4) is 0 Å². The van der Waals surface area contributed by atoms with Crippen LogP contribution in [0, 0.1) is 0 Å². The maximum Gasteiger partial charge on any atom is 0.0962 e. The van der Waals surface area contributed by atoms with Crippen LogP contribution < -0.4 is 11.1 Å². The van der Waals surface area contributed by atoms with Gasteiger partial charge in [0, 0.05) is 18.8 Å². The number of nitrogens with one attached hydrogen (secondary N) is 1. The molecule has 1 saturated heterocycles. The molecule has 1 aromatic heterocycles. The molecule has 82 valence electrons. The van der Waals surface area contributed by atoms with Crippen molar-refractivity contribution in [1.29, 1.82) is 0 Å². The van der Waals surface area contributed by atoms with Gasteiger partial charge in [0.1, 0.15) is 0 Å². The first-order chi connectivity index (χ1) is 7.34. The van der Waals surface area contributed by atoms with Gasteiger partial charge in [0.25, 0.3) is 0 Å². The normalized spacial score (nSPS) is 21.5. The molecule has 1 fully saturated rings. The molecule has 0 aromatic carbocycles. The van der Waals surface area contributed by atoms with Crippen molar-refractivity contribution in [3.63, 3.8) is 0 Å². The molecular formula is C10H15N3OS. The van der Waals surface area contributed by atoms with E-state index in [1.54, 1.807) is 18.0 Å². The molecule has 0 saturated carbocycles. The highest BCUT2D eigenvalue weighted by Gasteiger charge is 2.13. The van der Waals surface area contributed by atoms with Crippen molar-refractivity contribution in [2.75, 3.05) is 31.2 Å².